The first kappa shape index (κ1) is 24.3. The summed E-state index contributed by atoms with van der Waals surface area (Å²) in [7, 11) is 0. The average molecular weight is 535 g/mol. The molecule has 2 heterocycles. The molecule has 0 saturated carbocycles. The Kier molecular flexibility index (Phi) is 5.80. The van der Waals surface area contributed by atoms with Crippen LogP contribution in [0.4, 0.5) is 30.5 Å². The van der Waals surface area contributed by atoms with E-state index in [0.29, 0.717) is 44.9 Å². The van der Waals surface area contributed by atoms with E-state index in [9.17, 15) is 18.0 Å². The molecule has 0 radical (unpaired) electrons. The second-order valence-corrected chi connectivity index (χ2v) is 9.87. The van der Waals surface area contributed by atoms with Crippen molar-refractivity contribution in [3.05, 3.63) is 75.3 Å². The number of carbonyl (C=O) groups is 1. The van der Waals surface area contributed by atoms with Crippen molar-refractivity contribution in [2.45, 2.75) is 32.0 Å². The van der Waals surface area contributed by atoms with Crippen LogP contribution in [0.25, 0.3) is 11.0 Å². The van der Waals surface area contributed by atoms with E-state index in [2.05, 4.69) is 20.6 Å². The van der Waals surface area contributed by atoms with E-state index in [0.717, 1.165) is 17.7 Å². The number of amides is 1. The molecule has 1 aliphatic heterocycles. The molecule has 36 heavy (non-hydrogen) atoms. The van der Waals surface area contributed by atoms with Gasteiger partial charge in [-0.05, 0) is 62.4 Å². The summed E-state index contributed by atoms with van der Waals surface area (Å²) in [6, 6.07) is 10.8. The van der Waals surface area contributed by atoms with Crippen LogP contribution in [0.3, 0.4) is 0 Å². The smallest absolute Gasteiger partial charge is 0.416 e. The first-order valence-electron chi connectivity index (χ1n) is 10.8. The first-order valence-corrected chi connectivity index (χ1v) is 11.6. The maximum absolute atomic E-state index is 13.2. The van der Waals surface area contributed by atoms with Crippen LogP contribution in [0.2, 0.25) is 10.0 Å². The van der Waals surface area contributed by atoms with Crippen molar-refractivity contribution < 1.29 is 22.7 Å². The van der Waals surface area contributed by atoms with Gasteiger partial charge < -0.3 is 20.4 Å². The van der Waals surface area contributed by atoms with E-state index in [4.69, 9.17) is 27.9 Å². The average Bonchev–Trinajstić information content (AvgIpc) is 3.33. The number of H-pyrrole nitrogens is 1. The summed E-state index contributed by atoms with van der Waals surface area (Å²) in [5, 5.41) is 6.67. The van der Waals surface area contributed by atoms with Gasteiger partial charge in [0, 0.05) is 22.7 Å². The minimum atomic E-state index is -4.46. The second-order valence-electron chi connectivity index (χ2n) is 9.03. The summed E-state index contributed by atoms with van der Waals surface area (Å²) in [6.07, 6.45) is -3.95. The van der Waals surface area contributed by atoms with Gasteiger partial charge in [-0.2, -0.15) is 13.2 Å². The van der Waals surface area contributed by atoms with Gasteiger partial charge in [0.05, 0.1) is 32.9 Å². The number of ether oxygens (including phenoxy) is 1. The van der Waals surface area contributed by atoms with Gasteiger partial charge in [0.15, 0.2) is 0 Å². The summed E-state index contributed by atoms with van der Waals surface area (Å²) in [5.41, 5.74) is 1.66. The van der Waals surface area contributed by atoms with Crippen LogP contribution in [0.1, 0.15) is 35.3 Å². The van der Waals surface area contributed by atoms with Crippen LogP contribution < -0.4 is 15.4 Å². The fourth-order valence-corrected chi connectivity index (χ4v) is 4.57. The number of benzene rings is 3. The lowest BCUT2D eigenvalue weighted by Crippen LogP contribution is -2.25. The van der Waals surface area contributed by atoms with Gasteiger partial charge in [-0.1, -0.05) is 23.2 Å². The highest BCUT2D eigenvalue weighted by Crippen LogP contribution is 2.42. The molecule has 0 saturated heterocycles. The highest BCUT2D eigenvalue weighted by atomic mass is 35.5. The molecule has 1 amide bonds. The van der Waals surface area contributed by atoms with Gasteiger partial charge in [-0.3, -0.25) is 4.79 Å². The predicted molar refractivity (Wildman–Crippen MR) is 134 cm³/mol. The SMILES string of the molecule is CC1(C)Cc2c(c(C(=O)Nc3ccc(C(F)(F)F)cc3)cc3nc(Nc4ccc(Cl)cc4Cl)[nH]c23)O1. The van der Waals surface area contributed by atoms with E-state index in [-0.39, 0.29) is 11.3 Å². The third-order valence-electron chi connectivity index (χ3n) is 5.71. The number of aromatic nitrogens is 2. The normalized spacial score (nSPS) is 14.4. The van der Waals surface area contributed by atoms with E-state index >= 15 is 0 Å². The molecule has 1 aromatic heterocycles. The van der Waals surface area contributed by atoms with E-state index in [1.54, 1.807) is 24.3 Å². The summed E-state index contributed by atoms with van der Waals surface area (Å²) in [5.74, 6) is 0.280. The van der Waals surface area contributed by atoms with Crippen molar-refractivity contribution in [1.82, 2.24) is 9.97 Å². The Bertz CT molecular complexity index is 1500. The highest BCUT2D eigenvalue weighted by Gasteiger charge is 2.36. The Morgan fingerprint density at radius 2 is 1.83 bits per heavy atom. The number of imidazole rings is 1. The van der Waals surface area contributed by atoms with Gasteiger partial charge in [-0.15, -0.1) is 0 Å². The van der Waals surface area contributed by atoms with Crippen molar-refractivity contribution in [1.29, 1.82) is 0 Å². The number of carbonyl (C=O) groups excluding carboxylic acids is 1. The van der Waals surface area contributed by atoms with Crippen molar-refractivity contribution in [2.75, 3.05) is 10.6 Å². The molecule has 5 rings (SSSR count). The summed E-state index contributed by atoms with van der Waals surface area (Å²) < 4.78 is 44.7. The molecular formula is C25H19Cl2F3N4O2. The number of rotatable bonds is 4. The van der Waals surface area contributed by atoms with Crippen LogP contribution in [-0.4, -0.2) is 21.5 Å². The Hall–Kier alpha value is -3.43. The molecule has 0 fully saturated rings. The molecule has 3 aromatic carbocycles. The Morgan fingerprint density at radius 1 is 1.11 bits per heavy atom. The largest absolute Gasteiger partial charge is 0.486 e. The monoisotopic (exact) mass is 534 g/mol. The third kappa shape index (κ3) is 4.68. The van der Waals surface area contributed by atoms with Gasteiger partial charge >= 0.3 is 6.18 Å². The zero-order valence-electron chi connectivity index (χ0n) is 19.0. The number of alkyl halides is 3. The van der Waals surface area contributed by atoms with Gasteiger partial charge in [-0.25, -0.2) is 4.98 Å². The Morgan fingerprint density at radius 3 is 2.50 bits per heavy atom. The molecule has 3 N–H and O–H groups in total. The van der Waals surface area contributed by atoms with E-state index < -0.39 is 23.2 Å². The predicted octanol–water partition coefficient (Wildman–Crippen LogP) is 7.60. The minimum Gasteiger partial charge on any atom is -0.486 e. The number of hydrogen-bond donors (Lipinski definition) is 3. The summed E-state index contributed by atoms with van der Waals surface area (Å²) >= 11 is 12.2. The lowest BCUT2D eigenvalue weighted by molar-refractivity contribution is -0.137. The third-order valence-corrected chi connectivity index (χ3v) is 6.26. The van der Waals surface area contributed by atoms with Gasteiger partial charge in [0.25, 0.3) is 5.91 Å². The molecule has 0 bridgehead atoms. The summed E-state index contributed by atoms with van der Waals surface area (Å²) in [4.78, 5) is 21.0. The number of anilines is 3. The zero-order chi connectivity index (χ0) is 25.8. The molecule has 186 valence electrons. The lowest BCUT2D eigenvalue weighted by atomic mass is 9.98. The molecule has 0 unspecified atom stereocenters. The van der Waals surface area contributed by atoms with Crippen LogP contribution in [0.15, 0.2) is 48.5 Å². The minimum absolute atomic E-state index is 0.223. The van der Waals surface area contributed by atoms with Crippen LogP contribution >= 0.6 is 23.2 Å². The molecule has 1 aliphatic rings. The Balaban J connectivity index is 1.50. The van der Waals surface area contributed by atoms with E-state index in [1.807, 2.05) is 13.8 Å². The summed E-state index contributed by atoms with van der Waals surface area (Å²) in [6.45, 7) is 3.80. The van der Waals surface area contributed by atoms with Crippen molar-refractivity contribution >= 4 is 57.5 Å². The molecule has 4 aromatic rings. The topological polar surface area (TPSA) is 79.0 Å². The Labute approximate surface area is 213 Å². The zero-order valence-corrected chi connectivity index (χ0v) is 20.5. The second kappa shape index (κ2) is 8.60. The number of fused-ring (bicyclic) bond motifs is 3. The highest BCUT2D eigenvalue weighted by molar-refractivity contribution is 6.36. The van der Waals surface area contributed by atoms with Crippen LogP contribution in [0, 0.1) is 0 Å². The number of nitrogens with zero attached hydrogens (tertiary/aromatic N) is 1. The molecule has 6 nitrogen and oxygen atoms in total. The van der Waals surface area contributed by atoms with Crippen molar-refractivity contribution in [3.8, 4) is 5.75 Å². The fraction of sp³-hybridized carbons (Fsp3) is 0.200. The quantitative estimate of drug-likeness (QED) is 0.252. The number of hydrogen-bond acceptors (Lipinski definition) is 4. The van der Waals surface area contributed by atoms with Crippen molar-refractivity contribution in [3.63, 3.8) is 0 Å². The van der Waals surface area contributed by atoms with Gasteiger partial charge in [0.1, 0.15) is 11.4 Å². The molecule has 0 spiro atoms. The lowest BCUT2D eigenvalue weighted by Gasteiger charge is -2.18. The molecule has 11 heteroatoms. The van der Waals surface area contributed by atoms with E-state index in [1.165, 1.54) is 12.1 Å². The van der Waals surface area contributed by atoms with Crippen LogP contribution in [-0.2, 0) is 12.6 Å². The first-order chi connectivity index (χ1) is 16.9. The maximum Gasteiger partial charge on any atom is 0.416 e. The molecular weight excluding hydrogens is 516 g/mol. The van der Waals surface area contributed by atoms with Crippen molar-refractivity contribution in [2.24, 2.45) is 0 Å². The van der Waals surface area contributed by atoms with Crippen LogP contribution in [0.5, 0.6) is 5.75 Å². The number of aromatic amines is 1. The molecule has 0 atom stereocenters. The number of halogens is 5. The number of nitrogens with one attached hydrogen (secondary N) is 3. The standard InChI is InChI=1S/C25H19Cl2F3N4O2/c1-24(2)11-16-20-19(33-23(34-20)32-18-8-5-13(26)9-17(18)27)10-15(21(16)36-24)22(35)31-14-6-3-12(4-7-14)25(28,29)30/h3-10H,11H2,1-2H3,(H,31,35)(H2,32,33,34). The molecule has 0 aliphatic carbocycles. The van der Waals surface area contributed by atoms with Gasteiger partial charge in [0.2, 0.25) is 5.95 Å². The fourth-order valence-electron chi connectivity index (χ4n) is 4.11. The maximum atomic E-state index is 13.2.